The quantitative estimate of drug-likeness (QED) is 0.0178. The molecule has 5 fully saturated rings. The number of esters is 3. The van der Waals surface area contributed by atoms with Crippen LogP contribution in [0, 0.1) is 62.2 Å². The highest BCUT2D eigenvalue weighted by Crippen LogP contribution is 2.48. The summed E-state index contributed by atoms with van der Waals surface area (Å²) in [7, 11) is 9.16. The van der Waals surface area contributed by atoms with Crippen LogP contribution in [0.5, 0.6) is 23.0 Å². The van der Waals surface area contributed by atoms with Crippen molar-refractivity contribution in [3.63, 3.8) is 0 Å². The van der Waals surface area contributed by atoms with Gasteiger partial charge in [0.05, 0.1) is 90.9 Å². The first-order valence-corrected chi connectivity index (χ1v) is 42.7. The van der Waals surface area contributed by atoms with Crippen LogP contribution in [0.1, 0.15) is 244 Å². The number of allylic oxidation sites excluding steroid dienone is 1. The molecule has 0 bridgehead atoms. The zero-order chi connectivity index (χ0) is 89.7. The molecule has 4 aromatic rings. The number of rotatable bonds is 18. The fraction of sp³-hybridized carbons (Fsp3) is 0.609. The van der Waals surface area contributed by atoms with Crippen LogP contribution in [-0.4, -0.2) is 176 Å². The number of oxime groups is 4. The summed E-state index contributed by atoms with van der Waals surface area (Å²) in [5.74, 6) is 1.63. The first-order chi connectivity index (χ1) is 56.7. The Balaban J connectivity index is 0.000000200. The van der Waals surface area contributed by atoms with Crippen LogP contribution < -0.4 is 24.3 Å². The van der Waals surface area contributed by atoms with Crippen molar-refractivity contribution in [2.45, 2.75) is 273 Å². The van der Waals surface area contributed by atoms with Crippen molar-refractivity contribution in [1.29, 1.82) is 0 Å². The van der Waals surface area contributed by atoms with Crippen molar-refractivity contribution >= 4 is 93.8 Å². The molecule has 3 saturated carbocycles. The molecular formula is C92H128Cl3N7O19. The second-order valence-electron chi connectivity index (χ2n) is 37.3. The lowest BCUT2D eigenvalue weighted by atomic mass is 9.81. The third-order valence-electron chi connectivity index (χ3n) is 23.2. The molecule has 0 radical (unpaired) electrons. The SMILES string of the molecule is C=C1CCC(C(=O)OC(C)(C)C)C1.COC(=O)[C@@H]1C[C@]2(CC(c3cc(Cl)c(C)cc3OC)=NO2)CN1C(=O)[C@@H](NC(=O)CC1CCCCC1)C(C)(C)C.COO[C@@H]1C[C@]2(CC(c3cc(Cl)c(C)cc3OC)=NO2)CN1C(=O)[C@@H](C)C(C)(C)C.COc1cc(C)c(Cl)cc1C1=NO[C@]2(CC[C@H](C(=O)OC(C)(C)C)C2)C1.COc1cc(C)ccc1/C=N/O. The number of hydrogen-bond donors (Lipinski definition) is 2. The number of aryl methyl sites for hydroxylation is 4. The van der Waals surface area contributed by atoms with Crippen molar-refractivity contribution < 1.29 is 91.4 Å². The molecule has 2 N–H and O–H groups in total. The molecule has 29 heteroatoms. The van der Waals surface area contributed by atoms with Gasteiger partial charge in [0, 0.05) is 88.2 Å². The Bertz CT molecular complexity index is 4510. The summed E-state index contributed by atoms with van der Waals surface area (Å²) in [6.07, 6.45) is 13.8. The zero-order valence-electron chi connectivity index (χ0n) is 75.1. The summed E-state index contributed by atoms with van der Waals surface area (Å²) in [5.41, 5.74) is 6.73. The van der Waals surface area contributed by atoms with E-state index in [0.717, 1.165) is 114 Å². The number of ether oxygens (including phenoxy) is 7. The van der Waals surface area contributed by atoms with E-state index in [4.69, 9.17) is 97.5 Å². The minimum atomic E-state index is -0.916. The third-order valence-corrected chi connectivity index (χ3v) is 24.4. The number of nitrogens with zero attached hydrogens (tertiary/aromatic N) is 6. The average Bonchev–Trinajstić information content (AvgIpc) is 1.61. The van der Waals surface area contributed by atoms with E-state index < -0.39 is 52.1 Å². The molecule has 12 rings (SSSR count). The van der Waals surface area contributed by atoms with Crippen molar-refractivity contribution in [2.24, 2.45) is 55.1 Å². The molecule has 3 amide bonds. The fourth-order valence-electron chi connectivity index (χ4n) is 16.1. The van der Waals surface area contributed by atoms with Crippen LogP contribution in [0.2, 0.25) is 15.1 Å². The first kappa shape index (κ1) is 97.8. The van der Waals surface area contributed by atoms with E-state index in [-0.39, 0.29) is 71.4 Å². The molecule has 26 nitrogen and oxygen atoms in total. The molecule has 5 aliphatic heterocycles. The zero-order valence-corrected chi connectivity index (χ0v) is 77.3. The predicted molar refractivity (Wildman–Crippen MR) is 467 cm³/mol. The maximum absolute atomic E-state index is 14.1. The number of nitrogens with one attached hydrogen (secondary N) is 1. The molecule has 666 valence electrons. The Labute approximate surface area is 729 Å². The standard InChI is InChI=1S/C30H42ClN3O6.C22H31ClN2O5.C20H26ClNO4.C11H18O2.C9H11NO2/c1-18-12-24(38-5)20(14-21(18)31)22-15-30(40-33-22)16-23(28(37)39-6)34(17-30)27(36)26(29(2,3)4)32-25(35)13-19-10-8-7-9-11-19;1-13-8-18(27-6)15(9-16(13)23)17-10-22(30-24-17)11-19(29-28-7)25(12-22)20(26)14(2)21(3,4)5;1-12-8-17(24-5)14(9-15(12)21)16-11-20(26-22-16)7-6-13(10-20)18(23)25-19(2,3)4;1-8-5-6-9(7-8)10(12)13-11(2,3)4;1-7-3-4-8(6-10-11)9(5-7)12-2/h12,14,19,23,26H,7-11,13,15-17H2,1-6H3,(H,32,35);8-9,14,19H,10-12H2,1-7H3;8-9,13H,6-7,10-11H2,1-5H3;9H,1,5-7H2,2-4H3;3-6,11H,1-2H3/b;;;;10-6+/t23-,26+,30+;14-,19-,22-;13-,20-;;/m010../s1. The monoisotopic (exact) mass is 1740 g/mol. The molecule has 4 aromatic carbocycles. The van der Waals surface area contributed by atoms with Crippen LogP contribution in [-0.2, 0) is 67.3 Å². The Kier molecular flexibility index (Phi) is 33.3. The van der Waals surface area contributed by atoms with Gasteiger partial charge in [-0.3, -0.25) is 24.0 Å². The Morgan fingerprint density at radius 2 is 1.06 bits per heavy atom. The van der Waals surface area contributed by atoms with Gasteiger partial charge in [-0.2, -0.15) is 0 Å². The van der Waals surface area contributed by atoms with E-state index in [1.165, 1.54) is 37.3 Å². The minimum absolute atomic E-state index is 0.00874. The van der Waals surface area contributed by atoms with E-state index in [0.29, 0.717) is 94.6 Å². The fourth-order valence-corrected chi connectivity index (χ4v) is 16.6. The van der Waals surface area contributed by atoms with Gasteiger partial charge in [-0.1, -0.05) is 141 Å². The lowest BCUT2D eigenvalue weighted by Gasteiger charge is -2.35. The van der Waals surface area contributed by atoms with Crippen molar-refractivity contribution in [3.8, 4) is 23.0 Å². The van der Waals surface area contributed by atoms with Gasteiger partial charge in [-0.25, -0.2) is 14.6 Å². The summed E-state index contributed by atoms with van der Waals surface area (Å²) in [4.78, 5) is 109. The molecule has 3 aliphatic carbocycles. The number of halogens is 3. The highest BCUT2D eigenvalue weighted by atomic mass is 35.5. The van der Waals surface area contributed by atoms with Gasteiger partial charge >= 0.3 is 17.9 Å². The molecule has 2 saturated heterocycles. The van der Waals surface area contributed by atoms with Gasteiger partial charge in [0.15, 0.2) is 17.4 Å². The van der Waals surface area contributed by atoms with Crippen LogP contribution in [0.25, 0.3) is 0 Å². The predicted octanol–water partition coefficient (Wildman–Crippen LogP) is 18.3. The van der Waals surface area contributed by atoms with Crippen molar-refractivity contribution in [3.05, 3.63) is 126 Å². The number of carbonyl (C=O) groups excluding carboxylic acids is 6. The summed E-state index contributed by atoms with van der Waals surface area (Å²) in [6.45, 7) is 37.3. The molecule has 121 heavy (non-hydrogen) atoms. The lowest BCUT2D eigenvalue weighted by molar-refractivity contribution is -0.326. The lowest BCUT2D eigenvalue weighted by Crippen LogP contribution is -2.57. The summed E-state index contributed by atoms with van der Waals surface area (Å²) >= 11 is 19.0. The number of methoxy groups -OCH3 is 5. The van der Waals surface area contributed by atoms with Gasteiger partial charge in [-0.05, 0) is 202 Å². The number of likely N-dealkylation sites (tertiary alicyclic amines) is 2. The van der Waals surface area contributed by atoms with Crippen molar-refractivity contribution in [2.75, 3.05) is 55.7 Å². The number of benzene rings is 4. The Morgan fingerprint density at radius 3 is 1.50 bits per heavy atom. The van der Waals surface area contributed by atoms with Gasteiger partial charge in [0.25, 0.3) is 0 Å². The van der Waals surface area contributed by atoms with E-state index in [1.807, 2.05) is 166 Å². The second-order valence-corrected chi connectivity index (χ2v) is 38.5. The smallest absolute Gasteiger partial charge is 0.328 e. The van der Waals surface area contributed by atoms with Gasteiger partial charge < -0.3 is 68.0 Å². The summed E-state index contributed by atoms with van der Waals surface area (Å²) in [5, 5.41) is 29.2. The summed E-state index contributed by atoms with van der Waals surface area (Å²) < 4.78 is 37.6. The van der Waals surface area contributed by atoms with E-state index in [9.17, 15) is 28.8 Å². The molecule has 8 aliphatic rings. The van der Waals surface area contributed by atoms with Crippen LogP contribution >= 0.6 is 34.8 Å². The maximum atomic E-state index is 14.1. The highest BCUT2D eigenvalue weighted by Gasteiger charge is 2.58. The topological polar surface area (TPSA) is 301 Å². The van der Waals surface area contributed by atoms with Crippen LogP contribution in [0.15, 0.2) is 87.4 Å². The Hall–Kier alpha value is -8.69. The van der Waals surface area contributed by atoms with Gasteiger partial charge in [-0.15, -0.1) is 0 Å². The van der Waals surface area contributed by atoms with E-state index in [2.05, 4.69) is 32.5 Å². The molecule has 9 atom stereocenters. The molecule has 1 unspecified atom stereocenters. The van der Waals surface area contributed by atoms with Gasteiger partial charge in [0.1, 0.15) is 51.9 Å². The largest absolute Gasteiger partial charge is 0.496 e. The van der Waals surface area contributed by atoms with Gasteiger partial charge in [0.2, 0.25) is 17.7 Å². The van der Waals surface area contributed by atoms with Crippen molar-refractivity contribution in [1.82, 2.24) is 15.1 Å². The minimum Gasteiger partial charge on any atom is -0.496 e. The first-order valence-electron chi connectivity index (χ1n) is 41.6. The number of carbonyl (C=O) groups is 6. The van der Waals surface area contributed by atoms with Crippen LogP contribution in [0.3, 0.4) is 0 Å². The maximum Gasteiger partial charge on any atom is 0.328 e. The van der Waals surface area contributed by atoms with E-state index >= 15 is 0 Å². The highest BCUT2D eigenvalue weighted by molar-refractivity contribution is 6.33. The number of amides is 3. The molecule has 5 heterocycles. The normalized spacial score (nSPS) is 23.0. The third kappa shape index (κ3) is 25.7. The summed E-state index contributed by atoms with van der Waals surface area (Å²) in [6, 6.07) is 15.1. The van der Waals surface area contributed by atoms with Crippen LogP contribution in [0.4, 0.5) is 0 Å². The molecular weight excluding hydrogens is 1610 g/mol. The number of hydrogen-bond acceptors (Lipinski definition) is 23. The second kappa shape index (κ2) is 41.2. The van der Waals surface area contributed by atoms with E-state index in [1.54, 1.807) is 39.4 Å². The Morgan fingerprint density at radius 1 is 0.587 bits per heavy atom. The average molecular weight is 1740 g/mol. The molecule has 3 spiro atoms. The molecule has 0 aromatic heterocycles.